The summed E-state index contributed by atoms with van der Waals surface area (Å²) in [6.07, 6.45) is 0. The Balaban J connectivity index is 2.50. The summed E-state index contributed by atoms with van der Waals surface area (Å²) >= 11 is 6.87. The molecule has 0 aliphatic carbocycles. The molecule has 0 unspecified atom stereocenters. The van der Waals surface area contributed by atoms with E-state index < -0.39 is 5.82 Å². The molecule has 0 fully saturated rings. The quantitative estimate of drug-likeness (QED) is 0.768. The molecule has 2 rings (SSSR count). The van der Waals surface area contributed by atoms with Crippen molar-refractivity contribution in [3.8, 4) is 10.6 Å². The van der Waals surface area contributed by atoms with Crippen LogP contribution in [0.1, 0.15) is 22.3 Å². The second-order valence-corrected chi connectivity index (χ2v) is 5.02. The standard InChI is InChI=1S/C12H9ClFNOS/c1-6-11(7(2)16)17-12(15-6)8-3-4-9(13)10(14)5-8/h3-5H,1-2H3. The Kier molecular flexibility index (Phi) is 3.26. The molecule has 1 aromatic heterocycles. The fourth-order valence-corrected chi connectivity index (χ4v) is 2.55. The Labute approximate surface area is 107 Å². The minimum absolute atomic E-state index is 0.0271. The average Bonchev–Trinajstić information content (AvgIpc) is 2.64. The number of rotatable bonds is 2. The van der Waals surface area contributed by atoms with Crippen LogP contribution in [0.25, 0.3) is 10.6 Å². The molecule has 2 nitrogen and oxygen atoms in total. The van der Waals surface area contributed by atoms with E-state index in [1.54, 1.807) is 13.0 Å². The van der Waals surface area contributed by atoms with Gasteiger partial charge in [-0.2, -0.15) is 0 Å². The highest BCUT2D eigenvalue weighted by atomic mass is 35.5. The predicted molar refractivity (Wildman–Crippen MR) is 67.3 cm³/mol. The van der Waals surface area contributed by atoms with E-state index >= 15 is 0 Å². The lowest BCUT2D eigenvalue weighted by atomic mass is 10.2. The van der Waals surface area contributed by atoms with Crippen molar-refractivity contribution in [1.82, 2.24) is 4.98 Å². The van der Waals surface area contributed by atoms with E-state index in [0.717, 1.165) is 0 Å². The van der Waals surface area contributed by atoms with E-state index in [1.807, 2.05) is 0 Å². The summed E-state index contributed by atoms with van der Waals surface area (Å²) in [6, 6.07) is 4.49. The van der Waals surface area contributed by atoms with Crippen LogP contribution >= 0.6 is 22.9 Å². The maximum Gasteiger partial charge on any atom is 0.171 e. The third-order valence-electron chi connectivity index (χ3n) is 2.28. The fraction of sp³-hybridized carbons (Fsp3) is 0.167. The largest absolute Gasteiger partial charge is 0.294 e. The predicted octanol–water partition coefficient (Wildman–Crippen LogP) is 4.11. The van der Waals surface area contributed by atoms with Crippen LogP contribution < -0.4 is 0 Å². The molecule has 0 saturated carbocycles. The number of aromatic nitrogens is 1. The second kappa shape index (κ2) is 4.55. The molecule has 17 heavy (non-hydrogen) atoms. The first-order chi connectivity index (χ1) is 7.99. The molecule has 1 heterocycles. The number of hydrogen-bond donors (Lipinski definition) is 0. The smallest absolute Gasteiger partial charge is 0.171 e. The van der Waals surface area contributed by atoms with Gasteiger partial charge >= 0.3 is 0 Å². The number of ketones is 1. The first-order valence-corrected chi connectivity index (χ1v) is 6.12. The maximum atomic E-state index is 13.3. The van der Waals surface area contributed by atoms with E-state index in [2.05, 4.69) is 4.98 Å². The van der Waals surface area contributed by atoms with Crippen molar-refractivity contribution in [3.05, 3.63) is 39.6 Å². The highest BCUT2D eigenvalue weighted by Crippen LogP contribution is 2.30. The lowest BCUT2D eigenvalue weighted by Gasteiger charge is -1.97. The number of thiazole rings is 1. The zero-order valence-electron chi connectivity index (χ0n) is 9.25. The van der Waals surface area contributed by atoms with Crippen LogP contribution in [0, 0.1) is 12.7 Å². The van der Waals surface area contributed by atoms with Crippen molar-refractivity contribution in [2.24, 2.45) is 0 Å². The summed E-state index contributed by atoms with van der Waals surface area (Å²) in [5.41, 5.74) is 1.31. The highest BCUT2D eigenvalue weighted by Gasteiger charge is 2.13. The van der Waals surface area contributed by atoms with Crippen molar-refractivity contribution in [2.45, 2.75) is 13.8 Å². The van der Waals surface area contributed by atoms with Gasteiger partial charge in [0.1, 0.15) is 10.8 Å². The number of aryl methyl sites for hydroxylation is 1. The zero-order chi connectivity index (χ0) is 12.6. The van der Waals surface area contributed by atoms with Gasteiger partial charge in [-0.3, -0.25) is 4.79 Å². The maximum absolute atomic E-state index is 13.3. The Hall–Kier alpha value is -1.26. The van der Waals surface area contributed by atoms with Crippen molar-refractivity contribution in [3.63, 3.8) is 0 Å². The molecule has 0 bridgehead atoms. The normalized spacial score (nSPS) is 10.6. The van der Waals surface area contributed by atoms with E-state index in [4.69, 9.17) is 11.6 Å². The average molecular weight is 270 g/mol. The third kappa shape index (κ3) is 2.37. The van der Waals surface area contributed by atoms with Crippen molar-refractivity contribution in [2.75, 3.05) is 0 Å². The molecule has 0 aliphatic heterocycles. The number of carbonyl (C=O) groups is 1. The molecule has 0 amide bonds. The molecule has 1 aromatic carbocycles. The lowest BCUT2D eigenvalue weighted by molar-refractivity contribution is 0.102. The van der Waals surface area contributed by atoms with Gasteiger partial charge in [-0.1, -0.05) is 17.7 Å². The SMILES string of the molecule is CC(=O)c1sc(-c2ccc(Cl)c(F)c2)nc1C. The van der Waals surface area contributed by atoms with Gasteiger partial charge in [-0.05, 0) is 19.1 Å². The number of benzene rings is 1. The topological polar surface area (TPSA) is 30.0 Å². The molecule has 0 atom stereocenters. The molecule has 0 saturated heterocycles. The fourth-order valence-electron chi connectivity index (χ4n) is 1.48. The van der Waals surface area contributed by atoms with Gasteiger partial charge < -0.3 is 0 Å². The molecule has 0 N–H and O–H groups in total. The van der Waals surface area contributed by atoms with Gasteiger partial charge in [-0.25, -0.2) is 9.37 Å². The molecule has 0 aliphatic rings. The number of Topliss-reactive ketones (excluding diaryl/α,β-unsaturated/α-hetero) is 1. The van der Waals surface area contributed by atoms with Gasteiger partial charge in [0.25, 0.3) is 0 Å². The summed E-state index contributed by atoms with van der Waals surface area (Å²) < 4.78 is 13.3. The third-order valence-corrected chi connectivity index (χ3v) is 3.90. The lowest BCUT2D eigenvalue weighted by Crippen LogP contribution is -1.89. The van der Waals surface area contributed by atoms with E-state index in [-0.39, 0.29) is 10.8 Å². The zero-order valence-corrected chi connectivity index (χ0v) is 10.8. The Bertz CT molecular complexity index is 594. The Morgan fingerprint density at radius 3 is 2.71 bits per heavy atom. The van der Waals surface area contributed by atoms with E-state index in [0.29, 0.717) is 21.1 Å². The van der Waals surface area contributed by atoms with Crippen molar-refractivity contribution >= 4 is 28.7 Å². The highest BCUT2D eigenvalue weighted by molar-refractivity contribution is 7.17. The number of nitrogens with zero attached hydrogens (tertiary/aromatic N) is 1. The monoisotopic (exact) mass is 269 g/mol. The van der Waals surface area contributed by atoms with Crippen LogP contribution in [-0.4, -0.2) is 10.8 Å². The van der Waals surface area contributed by atoms with Gasteiger partial charge in [-0.15, -0.1) is 11.3 Å². The second-order valence-electron chi connectivity index (χ2n) is 3.62. The molecule has 5 heteroatoms. The Morgan fingerprint density at radius 2 is 2.18 bits per heavy atom. The minimum atomic E-state index is -0.485. The van der Waals surface area contributed by atoms with Crippen LogP contribution in [0.4, 0.5) is 4.39 Å². The van der Waals surface area contributed by atoms with Gasteiger partial charge in [0, 0.05) is 12.5 Å². The van der Waals surface area contributed by atoms with Gasteiger partial charge in [0.2, 0.25) is 0 Å². The van der Waals surface area contributed by atoms with Crippen LogP contribution in [0.3, 0.4) is 0 Å². The summed E-state index contributed by atoms with van der Waals surface area (Å²) in [5, 5.41) is 0.706. The molecule has 0 spiro atoms. The van der Waals surface area contributed by atoms with Gasteiger partial charge in [0.05, 0.1) is 15.6 Å². The molecular weight excluding hydrogens is 261 g/mol. The van der Waals surface area contributed by atoms with Gasteiger partial charge in [0.15, 0.2) is 5.78 Å². The van der Waals surface area contributed by atoms with Crippen LogP contribution in [0.2, 0.25) is 5.02 Å². The first-order valence-electron chi connectivity index (χ1n) is 4.93. The molecule has 0 radical (unpaired) electrons. The number of carbonyl (C=O) groups excluding carboxylic acids is 1. The minimum Gasteiger partial charge on any atom is -0.294 e. The summed E-state index contributed by atoms with van der Waals surface area (Å²) in [4.78, 5) is 16.2. The van der Waals surface area contributed by atoms with Crippen LogP contribution in [-0.2, 0) is 0 Å². The van der Waals surface area contributed by atoms with E-state index in [1.165, 1.54) is 30.4 Å². The summed E-state index contributed by atoms with van der Waals surface area (Å²) in [6.45, 7) is 3.26. The first kappa shape index (κ1) is 12.2. The van der Waals surface area contributed by atoms with Crippen molar-refractivity contribution < 1.29 is 9.18 Å². The molecule has 88 valence electrons. The summed E-state index contributed by atoms with van der Waals surface area (Å²) in [5.74, 6) is -0.512. The molecule has 2 aromatic rings. The van der Waals surface area contributed by atoms with Crippen LogP contribution in [0.15, 0.2) is 18.2 Å². The molecular formula is C12H9ClFNOS. The van der Waals surface area contributed by atoms with Crippen molar-refractivity contribution in [1.29, 1.82) is 0 Å². The number of hydrogen-bond acceptors (Lipinski definition) is 3. The number of halogens is 2. The van der Waals surface area contributed by atoms with Crippen LogP contribution in [0.5, 0.6) is 0 Å². The van der Waals surface area contributed by atoms with E-state index in [9.17, 15) is 9.18 Å². The Morgan fingerprint density at radius 1 is 1.47 bits per heavy atom. The summed E-state index contributed by atoms with van der Waals surface area (Å²) in [7, 11) is 0.